The maximum Gasteiger partial charge on any atom is 0.123 e. The molecule has 17 heavy (non-hydrogen) atoms. The molecule has 2 rings (SSSR count). The van der Waals surface area contributed by atoms with Crippen molar-refractivity contribution in [2.75, 3.05) is 6.54 Å². The zero-order valence-electron chi connectivity index (χ0n) is 10.1. The Morgan fingerprint density at radius 1 is 1.41 bits per heavy atom. The molecule has 1 aliphatic heterocycles. The van der Waals surface area contributed by atoms with Crippen molar-refractivity contribution in [3.8, 4) is 0 Å². The van der Waals surface area contributed by atoms with E-state index >= 15 is 0 Å². The van der Waals surface area contributed by atoms with Crippen molar-refractivity contribution in [1.82, 2.24) is 5.32 Å². The second-order valence-electron chi connectivity index (χ2n) is 4.79. The maximum atomic E-state index is 12.8. The fraction of sp³-hybridized carbons (Fsp3) is 0.429. The summed E-state index contributed by atoms with van der Waals surface area (Å²) in [5.41, 5.74) is 6.87. The minimum absolute atomic E-state index is 0.170. The summed E-state index contributed by atoms with van der Waals surface area (Å²) >= 11 is 0. The number of nitrogens with two attached hydrogens (primary N) is 1. The first kappa shape index (κ1) is 12.0. The molecule has 1 unspecified atom stereocenters. The van der Waals surface area contributed by atoms with E-state index < -0.39 is 0 Å². The number of benzene rings is 1. The van der Waals surface area contributed by atoms with Crippen LogP contribution in [0.3, 0.4) is 0 Å². The third-order valence-electron chi connectivity index (χ3n) is 3.39. The third-order valence-corrected chi connectivity index (χ3v) is 3.39. The Morgan fingerprint density at radius 3 is 2.71 bits per heavy atom. The van der Waals surface area contributed by atoms with Gasteiger partial charge in [0.25, 0.3) is 0 Å². The van der Waals surface area contributed by atoms with Gasteiger partial charge in [-0.3, -0.25) is 0 Å². The van der Waals surface area contributed by atoms with Gasteiger partial charge in [0.15, 0.2) is 0 Å². The molecule has 1 aromatic carbocycles. The van der Waals surface area contributed by atoms with Crippen LogP contribution in [0.1, 0.15) is 31.2 Å². The second-order valence-corrected chi connectivity index (χ2v) is 4.79. The van der Waals surface area contributed by atoms with Crippen LogP contribution in [-0.2, 0) is 0 Å². The van der Waals surface area contributed by atoms with Gasteiger partial charge in [-0.1, -0.05) is 19.1 Å². The molecule has 3 heteroatoms. The quantitative estimate of drug-likeness (QED) is 0.840. The Balaban J connectivity index is 1.85. The molecule has 0 saturated heterocycles. The smallest absolute Gasteiger partial charge is 0.123 e. The molecule has 0 saturated carbocycles. The zero-order chi connectivity index (χ0) is 12.3. The largest absolute Gasteiger partial charge is 0.386 e. The molecule has 92 valence electrons. The average Bonchev–Trinajstić information content (AvgIpc) is 2.73. The summed E-state index contributed by atoms with van der Waals surface area (Å²) in [6.07, 6.45) is 4.31. The summed E-state index contributed by atoms with van der Waals surface area (Å²) in [6.45, 7) is 3.13. The summed E-state index contributed by atoms with van der Waals surface area (Å²) in [5, 5.41) is 3.13. The van der Waals surface area contributed by atoms with Gasteiger partial charge in [0.1, 0.15) is 5.82 Å². The minimum Gasteiger partial charge on any atom is -0.386 e. The van der Waals surface area contributed by atoms with E-state index in [0.717, 1.165) is 25.2 Å². The highest BCUT2D eigenvalue weighted by Crippen LogP contribution is 2.24. The van der Waals surface area contributed by atoms with Gasteiger partial charge in [-0.05, 0) is 48.4 Å². The second kappa shape index (κ2) is 5.21. The van der Waals surface area contributed by atoms with Crippen molar-refractivity contribution in [3.05, 3.63) is 47.5 Å². The summed E-state index contributed by atoms with van der Waals surface area (Å²) in [5.74, 6) is 1.63. The van der Waals surface area contributed by atoms with Gasteiger partial charge in [-0.25, -0.2) is 4.39 Å². The highest BCUT2D eigenvalue weighted by Gasteiger charge is 2.14. The average molecular weight is 234 g/mol. The Bertz CT molecular complexity index is 397. The zero-order valence-corrected chi connectivity index (χ0v) is 10.1. The first-order valence-electron chi connectivity index (χ1n) is 6.12. The minimum atomic E-state index is -0.170. The Hall–Kier alpha value is -1.51. The number of hydrogen-bond donors (Lipinski definition) is 2. The lowest BCUT2D eigenvalue weighted by Crippen LogP contribution is -2.16. The van der Waals surface area contributed by atoms with E-state index in [2.05, 4.69) is 18.3 Å². The van der Waals surface area contributed by atoms with Crippen molar-refractivity contribution in [2.24, 2.45) is 11.7 Å². The maximum absolute atomic E-state index is 12.8. The molecule has 0 radical (unpaired) electrons. The van der Waals surface area contributed by atoms with Crippen LogP contribution in [0.15, 0.2) is 36.2 Å². The van der Waals surface area contributed by atoms with Gasteiger partial charge < -0.3 is 11.1 Å². The molecule has 0 aliphatic carbocycles. The first-order valence-corrected chi connectivity index (χ1v) is 6.12. The van der Waals surface area contributed by atoms with Gasteiger partial charge >= 0.3 is 0 Å². The number of halogens is 1. The normalized spacial score (nSPS) is 20.8. The van der Waals surface area contributed by atoms with Crippen LogP contribution in [0.2, 0.25) is 0 Å². The number of rotatable bonds is 4. The van der Waals surface area contributed by atoms with Gasteiger partial charge in [0.05, 0.1) is 5.82 Å². The highest BCUT2D eigenvalue weighted by molar-refractivity contribution is 5.19. The van der Waals surface area contributed by atoms with Gasteiger partial charge in [0, 0.05) is 6.54 Å². The topological polar surface area (TPSA) is 38.0 Å². The van der Waals surface area contributed by atoms with Gasteiger partial charge in [-0.15, -0.1) is 0 Å². The van der Waals surface area contributed by atoms with Gasteiger partial charge in [-0.2, -0.15) is 0 Å². The Morgan fingerprint density at radius 2 is 2.12 bits per heavy atom. The standard InChI is InChI=1S/C14H19FN2/c1-10(12-4-6-13(15)7-5-12)2-3-11-8-14(16)17-9-11/h4-8,10-11,17H,2-3,9,16H2,1H3/t10?,11-/m0/s1. The third kappa shape index (κ3) is 3.22. The predicted octanol–water partition coefficient (Wildman–Crippen LogP) is 2.73. The molecule has 0 fully saturated rings. The molecule has 0 amide bonds. The summed E-state index contributed by atoms with van der Waals surface area (Å²) in [7, 11) is 0. The van der Waals surface area contributed by atoms with Crippen molar-refractivity contribution >= 4 is 0 Å². The molecule has 3 N–H and O–H groups in total. The fourth-order valence-electron chi connectivity index (χ4n) is 2.23. The predicted molar refractivity (Wildman–Crippen MR) is 67.8 cm³/mol. The molecular weight excluding hydrogens is 215 g/mol. The number of nitrogens with one attached hydrogen (secondary N) is 1. The Labute approximate surface area is 102 Å². The summed E-state index contributed by atoms with van der Waals surface area (Å²) in [6, 6.07) is 6.80. The lowest BCUT2D eigenvalue weighted by atomic mass is 9.92. The monoisotopic (exact) mass is 234 g/mol. The number of hydrogen-bond acceptors (Lipinski definition) is 2. The molecule has 0 bridgehead atoms. The Kier molecular flexibility index (Phi) is 3.67. The van der Waals surface area contributed by atoms with E-state index in [-0.39, 0.29) is 5.82 Å². The van der Waals surface area contributed by atoms with Gasteiger partial charge in [0.2, 0.25) is 0 Å². The van der Waals surface area contributed by atoms with Crippen molar-refractivity contribution in [2.45, 2.75) is 25.7 Å². The van der Waals surface area contributed by atoms with Crippen LogP contribution in [0.4, 0.5) is 4.39 Å². The molecule has 0 aromatic heterocycles. The van der Waals surface area contributed by atoms with Crippen LogP contribution >= 0.6 is 0 Å². The summed E-state index contributed by atoms with van der Waals surface area (Å²) < 4.78 is 12.8. The van der Waals surface area contributed by atoms with Crippen LogP contribution in [0.5, 0.6) is 0 Å². The van der Waals surface area contributed by atoms with Crippen LogP contribution < -0.4 is 11.1 Å². The van der Waals surface area contributed by atoms with Crippen LogP contribution in [0, 0.1) is 11.7 Å². The molecule has 1 aromatic rings. The van der Waals surface area contributed by atoms with Crippen molar-refractivity contribution in [1.29, 1.82) is 0 Å². The van der Waals surface area contributed by atoms with Crippen molar-refractivity contribution in [3.63, 3.8) is 0 Å². The van der Waals surface area contributed by atoms with Crippen molar-refractivity contribution < 1.29 is 4.39 Å². The molecular formula is C14H19FN2. The van der Waals surface area contributed by atoms with Crippen LogP contribution in [-0.4, -0.2) is 6.54 Å². The van der Waals surface area contributed by atoms with E-state index in [1.807, 2.05) is 12.1 Å². The van der Waals surface area contributed by atoms with E-state index in [9.17, 15) is 4.39 Å². The van der Waals surface area contributed by atoms with E-state index in [1.165, 1.54) is 17.7 Å². The highest BCUT2D eigenvalue weighted by atomic mass is 19.1. The van der Waals surface area contributed by atoms with E-state index in [0.29, 0.717) is 11.8 Å². The SMILES string of the molecule is CC(CC[C@H]1C=C(N)NC1)c1ccc(F)cc1. The molecule has 1 heterocycles. The lowest BCUT2D eigenvalue weighted by molar-refractivity contribution is 0.528. The fourth-order valence-corrected chi connectivity index (χ4v) is 2.23. The summed E-state index contributed by atoms with van der Waals surface area (Å²) in [4.78, 5) is 0. The van der Waals surface area contributed by atoms with Crippen LogP contribution in [0.25, 0.3) is 0 Å². The molecule has 1 aliphatic rings. The molecule has 0 spiro atoms. The molecule has 2 atom stereocenters. The first-order chi connectivity index (χ1) is 8.15. The van der Waals surface area contributed by atoms with E-state index in [1.54, 1.807) is 0 Å². The molecule has 2 nitrogen and oxygen atoms in total. The van der Waals surface area contributed by atoms with E-state index in [4.69, 9.17) is 5.73 Å². The lowest BCUT2D eigenvalue weighted by Gasteiger charge is -2.13.